The Hall–Kier alpha value is -1.26. The van der Waals surface area contributed by atoms with Crippen molar-refractivity contribution in [3.63, 3.8) is 0 Å². The molecule has 110 valence electrons. The van der Waals surface area contributed by atoms with E-state index in [2.05, 4.69) is 10.6 Å². The zero-order chi connectivity index (χ0) is 14.5. The zero-order valence-electron chi connectivity index (χ0n) is 11.7. The SMILES string of the molecule is CCC(=O)Nc1ccc(Cl)c(NC2CCC(O)CC2)c1. The molecule has 2 rings (SSSR count). The van der Waals surface area contributed by atoms with E-state index >= 15 is 0 Å². The van der Waals surface area contributed by atoms with Crippen LogP contribution in [0.5, 0.6) is 0 Å². The van der Waals surface area contributed by atoms with E-state index in [9.17, 15) is 9.90 Å². The summed E-state index contributed by atoms with van der Waals surface area (Å²) in [6.07, 6.45) is 3.79. The molecule has 0 aliphatic heterocycles. The Labute approximate surface area is 124 Å². The molecule has 0 unspecified atom stereocenters. The lowest BCUT2D eigenvalue weighted by atomic mass is 9.93. The van der Waals surface area contributed by atoms with Gasteiger partial charge in [0, 0.05) is 18.2 Å². The van der Waals surface area contributed by atoms with Crippen molar-refractivity contribution in [2.75, 3.05) is 10.6 Å². The number of rotatable bonds is 4. The number of carbonyl (C=O) groups is 1. The standard InChI is InChI=1S/C15H21ClN2O2/c1-2-15(20)18-11-5-8-13(16)14(9-11)17-10-3-6-12(19)7-4-10/h5,8-10,12,17,19H,2-4,6-7H2,1H3,(H,18,20). The fourth-order valence-electron chi connectivity index (χ4n) is 2.40. The summed E-state index contributed by atoms with van der Waals surface area (Å²) in [5.41, 5.74) is 1.58. The number of aliphatic hydroxyl groups is 1. The predicted molar refractivity (Wildman–Crippen MR) is 82.3 cm³/mol. The van der Waals surface area contributed by atoms with E-state index in [0.29, 0.717) is 17.5 Å². The van der Waals surface area contributed by atoms with Crippen LogP contribution < -0.4 is 10.6 Å². The number of halogens is 1. The molecule has 1 aliphatic carbocycles. The minimum atomic E-state index is -0.168. The molecule has 1 aromatic rings. The van der Waals surface area contributed by atoms with Crippen molar-refractivity contribution in [2.24, 2.45) is 0 Å². The van der Waals surface area contributed by atoms with Crippen LogP contribution in [0.2, 0.25) is 5.02 Å². The smallest absolute Gasteiger partial charge is 0.224 e. The Morgan fingerprint density at radius 2 is 2.05 bits per heavy atom. The van der Waals surface area contributed by atoms with E-state index in [0.717, 1.165) is 37.1 Å². The van der Waals surface area contributed by atoms with Crippen molar-refractivity contribution in [1.82, 2.24) is 0 Å². The van der Waals surface area contributed by atoms with Crippen molar-refractivity contribution >= 4 is 28.9 Å². The minimum Gasteiger partial charge on any atom is -0.393 e. The molecule has 1 fully saturated rings. The summed E-state index contributed by atoms with van der Waals surface area (Å²) in [5.74, 6) is -0.0148. The minimum absolute atomic E-state index is 0.0148. The van der Waals surface area contributed by atoms with Gasteiger partial charge in [0.05, 0.1) is 16.8 Å². The number of nitrogens with one attached hydrogen (secondary N) is 2. The van der Waals surface area contributed by atoms with E-state index in [1.165, 1.54) is 0 Å². The second kappa shape index (κ2) is 6.95. The third kappa shape index (κ3) is 4.12. The van der Waals surface area contributed by atoms with Crippen LogP contribution in [-0.2, 0) is 4.79 Å². The van der Waals surface area contributed by atoms with Gasteiger partial charge < -0.3 is 15.7 Å². The molecular weight excluding hydrogens is 276 g/mol. The Balaban J connectivity index is 2.02. The summed E-state index contributed by atoms with van der Waals surface area (Å²) >= 11 is 6.19. The van der Waals surface area contributed by atoms with Gasteiger partial charge in [-0.2, -0.15) is 0 Å². The van der Waals surface area contributed by atoms with Crippen LogP contribution in [0, 0.1) is 0 Å². The van der Waals surface area contributed by atoms with Crippen LogP contribution in [-0.4, -0.2) is 23.2 Å². The number of hydrogen-bond donors (Lipinski definition) is 3. The maximum atomic E-state index is 11.4. The first-order valence-corrected chi connectivity index (χ1v) is 7.50. The Bertz CT molecular complexity index is 471. The lowest BCUT2D eigenvalue weighted by Crippen LogP contribution is -2.28. The fourth-order valence-corrected chi connectivity index (χ4v) is 2.58. The maximum absolute atomic E-state index is 11.4. The molecule has 1 aromatic carbocycles. The summed E-state index contributed by atoms with van der Waals surface area (Å²) in [6, 6.07) is 5.77. The first-order valence-electron chi connectivity index (χ1n) is 7.12. The summed E-state index contributed by atoms with van der Waals surface area (Å²) in [7, 11) is 0. The topological polar surface area (TPSA) is 61.4 Å². The van der Waals surface area contributed by atoms with Gasteiger partial charge in [0.2, 0.25) is 5.91 Å². The van der Waals surface area contributed by atoms with Crippen molar-refractivity contribution in [3.8, 4) is 0 Å². The maximum Gasteiger partial charge on any atom is 0.224 e. The molecule has 0 radical (unpaired) electrons. The Morgan fingerprint density at radius 1 is 1.35 bits per heavy atom. The molecule has 4 nitrogen and oxygen atoms in total. The average Bonchev–Trinajstić information content (AvgIpc) is 2.45. The molecule has 1 amide bonds. The van der Waals surface area contributed by atoms with Gasteiger partial charge in [-0.15, -0.1) is 0 Å². The average molecular weight is 297 g/mol. The highest BCUT2D eigenvalue weighted by molar-refractivity contribution is 6.33. The highest BCUT2D eigenvalue weighted by Crippen LogP contribution is 2.29. The van der Waals surface area contributed by atoms with E-state index in [4.69, 9.17) is 11.6 Å². The first-order chi connectivity index (χ1) is 9.58. The van der Waals surface area contributed by atoms with E-state index in [1.54, 1.807) is 12.1 Å². The summed E-state index contributed by atoms with van der Waals surface area (Å²) in [5, 5.41) is 16.4. The molecule has 3 N–H and O–H groups in total. The zero-order valence-corrected chi connectivity index (χ0v) is 12.4. The molecule has 0 aromatic heterocycles. The van der Waals surface area contributed by atoms with Gasteiger partial charge in [-0.1, -0.05) is 18.5 Å². The van der Waals surface area contributed by atoms with Crippen molar-refractivity contribution in [3.05, 3.63) is 23.2 Å². The predicted octanol–water partition coefficient (Wildman–Crippen LogP) is 3.40. The van der Waals surface area contributed by atoms with Crippen LogP contribution in [0.1, 0.15) is 39.0 Å². The van der Waals surface area contributed by atoms with Gasteiger partial charge in [-0.25, -0.2) is 0 Å². The highest BCUT2D eigenvalue weighted by Gasteiger charge is 2.19. The largest absolute Gasteiger partial charge is 0.393 e. The van der Waals surface area contributed by atoms with Gasteiger partial charge in [0.15, 0.2) is 0 Å². The molecule has 5 heteroatoms. The molecular formula is C15H21ClN2O2. The van der Waals surface area contributed by atoms with Crippen molar-refractivity contribution in [2.45, 2.75) is 51.2 Å². The highest BCUT2D eigenvalue weighted by atomic mass is 35.5. The number of amides is 1. The van der Waals surface area contributed by atoms with Crippen LogP contribution in [0.4, 0.5) is 11.4 Å². The first kappa shape index (κ1) is 15.1. The van der Waals surface area contributed by atoms with Gasteiger partial charge in [0.25, 0.3) is 0 Å². The second-order valence-corrected chi connectivity index (χ2v) is 5.65. The molecule has 0 heterocycles. The fraction of sp³-hybridized carbons (Fsp3) is 0.533. The van der Waals surface area contributed by atoms with E-state index in [1.807, 2.05) is 13.0 Å². The van der Waals surface area contributed by atoms with Gasteiger partial charge in [-0.3, -0.25) is 4.79 Å². The molecule has 1 aliphatic rings. The quantitative estimate of drug-likeness (QED) is 0.798. The van der Waals surface area contributed by atoms with Crippen molar-refractivity contribution < 1.29 is 9.90 Å². The molecule has 0 spiro atoms. The lowest BCUT2D eigenvalue weighted by molar-refractivity contribution is -0.115. The summed E-state index contributed by atoms with van der Waals surface area (Å²) in [6.45, 7) is 1.82. The number of anilines is 2. The van der Waals surface area contributed by atoms with Gasteiger partial charge in [0.1, 0.15) is 0 Å². The van der Waals surface area contributed by atoms with Gasteiger partial charge in [-0.05, 0) is 43.9 Å². The molecule has 0 saturated heterocycles. The number of hydrogen-bond acceptors (Lipinski definition) is 3. The number of aliphatic hydroxyl groups excluding tert-OH is 1. The lowest BCUT2D eigenvalue weighted by Gasteiger charge is -2.27. The monoisotopic (exact) mass is 296 g/mol. The van der Waals surface area contributed by atoms with E-state index < -0.39 is 0 Å². The number of benzene rings is 1. The molecule has 0 atom stereocenters. The Kier molecular flexibility index (Phi) is 5.26. The third-order valence-electron chi connectivity index (χ3n) is 3.63. The number of carbonyl (C=O) groups excluding carboxylic acids is 1. The molecule has 0 bridgehead atoms. The summed E-state index contributed by atoms with van der Waals surface area (Å²) < 4.78 is 0. The van der Waals surface area contributed by atoms with Crippen molar-refractivity contribution in [1.29, 1.82) is 0 Å². The molecule has 1 saturated carbocycles. The normalized spacial score (nSPS) is 22.4. The van der Waals surface area contributed by atoms with Gasteiger partial charge >= 0.3 is 0 Å². The van der Waals surface area contributed by atoms with E-state index in [-0.39, 0.29) is 12.0 Å². The second-order valence-electron chi connectivity index (χ2n) is 5.25. The van der Waals surface area contributed by atoms with Crippen LogP contribution >= 0.6 is 11.6 Å². The van der Waals surface area contributed by atoms with Crippen LogP contribution in [0.15, 0.2) is 18.2 Å². The summed E-state index contributed by atoms with van der Waals surface area (Å²) in [4.78, 5) is 11.4. The molecule has 20 heavy (non-hydrogen) atoms. The Morgan fingerprint density at radius 3 is 2.70 bits per heavy atom. The van der Waals surface area contributed by atoms with Crippen LogP contribution in [0.3, 0.4) is 0 Å². The third-order valence-corrected chi connectivity index (χ3v) is 3.96. The van der Waals surface area contributed by atoms with Crippen LogP contribution in [0.25, 0.3) is 0 Å².